The van der Waals surface area contributed by atoms with E-state index >= 15 is 0 Å². The van der Waals surface area contributed by atoms with Crippen molar-refractivity contribution >= 4 is 23.5 Å². The minimum Gasteiger partial charge on any atom is -0.438 e. The zero-order valence-electron chi connectivity index (χ0n) is 9.12. The second-order valence-corrected chi connectivity index (χ2v) is 4.68. The first kappa shape index (κ1) is 10.8. The van der Waals surface area contributed by atoms with Gasteiger partial charge >= 0.3 is 6.09 Å². The lowest BCUT2D eigenvalue weighted by atomic mass is 9.84. The van der Waals surface area contributed by atoms with Crippen LogP contribution < -0.4 is 10.6 Å². The molecule has 1 aromatic rings. The Hall–Kier alpha value is -1.33. The third kappa shape index (κ3) is 1.75. The molecular formula is C11H12ClN3O2. The van der Waals surface area contributed by atoms with Crippen molar-refractivity contribution in [1.82, 2.24) is 10.3 Å². The number of halogens is 1. The average molecular weight is 254 g/mol. The predicted octanol–water partition coefficient (Wildman–Crippen LogP) is 1.88. The van der Waals surface area contributed by atoms with E-state index in [-0.39, 0.29) is 0 Å². The molecule has 0 atom stereocenters. The molecular weight excluding hydrogens is 242 g/mol. The van der Waals surface area contributed by atoms with Crippen molar-refractivity contribution < 1.29 is 9.53 Å². The number of rotatable bonds is 0. The summed E-state index contributed by atoms with van der Waals surface area (Å²) >= 11 is 5.84. The van der Waals surface area contributed by atoms with E-state index in [1.165, 1.54) is 0 Å². The highest BCUT2D eigenvalue weighted by Crippen LogP contribution is 2.41. The van der Waals surface area contributed by atoms with E-state index in [0.717, 1.165) is 31.5 Å². The van der Waals surface area contributed by atoms with Gasteiger partial charge in [0, 0.05) is 18.4 Å². The lowest BCUT2D eigenvalue weighted by Gasteiger charge is -2.40. The van der Waals surface area contributed by atoms with E-state index in [4.69, 9.17) is 16.3 Å². The van der Waals surface area contributed by atoms with Gasteiger partial charge in [-0.15, -0.1) is 0 Å². The molecule has 1 aromatic heterocycles. The van der Waals surface area contributed by atoms with Crippen LogP contribution in [0.5, 0.6) is 0 Å². The van der Waals surface area contributed by atoms with E-state index in [1.54, 1.807) is 6.07 Å². The van der Waals surface area contributed by atoms with Crippen LogP contribution in [-0.2, 0) is 10.3 Å². The highest BCUT2D eigenvalue weighted by Gasteiger charge is 2.43. The van der Waals surface area contributed by atoms with Gasteiger partial charge in [-0.2, -0.15) is 0 Å². The van der Waals surface area contributed by atoms with Crippen LogP contribution in [0, 0.1) is 0 Å². The van der Waals surface area contributed by atoms with Gasteiger partial charge in [0.15, 0.2) is 0 Å². The molecule has 0 unspecified atom stereocenters. The molecule has 0 aromatic carbocycles. The molecule has 90 valence electrons. The van der Waals surface area contributed by atoms with Crippen molar-refractivity contribution in [2.45, 2.75) is 18.4 Å². The molecule has 3 heterocycles. The third-order valence-corrected chi connectivity index (χ3v) is 3.48. The summed E-state index contributed by atoms with van der Waals surface area (Å²) in [7, 11) is 0. The van der Waals surface area contributed by atoms with Crippen LogP contribution in [0.4, 0.5) is 10.6 Å². The number of carbonyl (C=O) groups excluding carboxylic acids is 1. The van der Waals surface area contributed by atoms with E-state index in [9.17, 15) is 4.79 Å². The summed E-state index contributed by atoms with van der Waals surface area (Å²) in [6.45, 7) is 1.66. The zero-order chi connectivity index (χ0) is 11.9. The number of hydrogen-bond acceptors (Lipinski definition) is 4. The smallest absolute Gasteiger partial charge is 0.413 e. The SMILES string of the molecule is O=C1Nc2nc(Cl)ccc2C2(CCNCC2)O1. The van der Waals surface area contributed by atoms with Crippen molar-refractivity contribution in [2.75, 3.05) is 18.4 Å². The van der Waals surface area contributed by atoms with E-state index in [0.29, 0.717) is 11.0 Å². The molecule has 2 aliphatic rings. The van der Waals surface area contributed by atoms with Crippen LogP contribution in [0.25, 0.3) is 0 Å². The molecule has 1 amide bonds. The number of anilines is 1. The summed E-state index contributed by atoms with van der Waals surface area (Å²) in [5.41, 5.74) is 0.378. The number of amides is 1. The molecule has 0 radical (unpaired) electrons. The van der Waals surface area contributed by atoms with Gasteiger partial charge < -0.3 is 10.1 Å². The van der Waals surface area contributed by atoms with Crippen LogP contribution in [-0.4, -0.2) is 24.2 Å². The fraction of sp³-hybridized carbons (Fsp3) is 0.455. The standard InChI is InChI=1S/C11H12ClN3O2/c12-8-2-1-7-9(14-8)15-10(16)17-11(7)3-5-13-6-4-11/h1-2,13H,3-6H2,(H,14,15,16). The lowest BCUT2D eigenvalue weighted by Crippen LogP contribution is -2.47. The fourth-order valence-electron chi connectivity index (χ4n) is 2.45. The molecule has 1 fully saturated rings. The minimum atomic E-state index is -0.541. The Morgan fingerprint density at radius 1 is 1.35 bits per heavy atom. The molecule has 2 aliphatic heterocycles. The number of aromatic nitrogens is 1. The van der Waals surface area contributed by atoms with E-state index in [1.807, 2.05) is 6.07 Å². The summed E-state index contributed by atoms with van der Waals surface area (Å²) in [5, 5.41) is 6.22. The van der Waals surface area contributed by atoms with Crippen molar-refractivity contribution in [3.63, 3.8) is 0 Å². The summed E-state index contributed by atoms with van der Waals surface area (Å²) in [6.07, 6.45) is 1.07. The number of piperidine rings is 1. The van der Waals surface area contributed by atoms with Gasteiger partial charge in [-0.3, -0.25) is 5.32 Å². The maximum absolute atomic E-state index is 11.6. The Morgan fingerprint density at radius 2 is 2.12 bits per heavy atom. The number of nitrogens with one attached hydrogen (secondary N) is 2. The summed E-state index contributed by atoms with van der Waals surface area (Å²) in [6, 6.07) is 3.61. The van der Waals surface area contributed by atoms with Crippen molar-refractivity contribution in [3.05, 3.63) is 22.8 Å². The molecule has 3 rings (SSSR count). The number of carbonyl (C=O) groups is 1. The number of ether oxygens (including phenoxy) is 1. The number of pyridine rings is 1. The van der Waals surface area contributed by atoms with Gasteiger partial charge in [-0.25, -0.2) is 9.78 Å². The van der Waals surface area contributed by atoms with Gasteiger partial charge in [-0.1, -0.05) is 11.6 Å². The molecule has 2 N–H and O–H groups in total. The zero-order valence-corrected chi connectivity index (χ0v) is 9.88. The molecule has 0 saturated carbocycles. The Morgan fingerprint density at radius 3 is 2.88 bits per heavy atom. The van der Waals surface area contributed by atoms with Gasteiger partial charge in [0.1, 0.15) is 16.6 Å². The predicted molar refractivity (Wildman–Crippen MR) is 63.1 cm³/mol. The minimum absolute atomic E-state index is 0.370. The fourth-order valence-corrected chi connectivity index (χ4v) is 2.60. The van der Waals surface area contributed by atoms with Gasteiger partial charge in [0.05, 0.1) is 0 Å². The summed E-state index contributed by atoms with van der Waals surface area (Å²) in [4.78, 5) is 15.7. The Bertz CT molecular complexity index is 472. The molecule has 1 spiro atoms. The first-order valence-corrected chi connectivity index (χ1v) is 5.95. The van der Waals surface area contributed by atoms with Crippen LogP contribution >= 0.6 is 11.6 Å². The maximum atomic E-state index is 11.6. The average Bonchev–Trinajstić information content (AvgIpc) is 2.29. The maximum Gasteiger partial charge on any atom is 0.413 e. The Labute approximate surface area is 104 Å². The molecule has 0 bridgehead atoms. The van der Waals surface area contributed by atoms with E-state index in [2.05, 4.69) is 15.6 Å². The van der Waals surface area contributed by atoms with Crippen molar-refractivity contribution in [1.29, 1.82) is 0 Å². The highest BCUT2D eigenvalue weighted by atomic mass is 35.5. The quantitative estimate of drug-likeness (QED) is 0.693. The molecule has 0 aliphatic carbocycles. The third-order valence-electron chi connectivity index (χ3n) is 3.27. The van der Waals surface area contributed by atoms with Gasteiger partial charge in [-0.05, 0) is 25.2 Å². The summed E-state index contributed by atoms with van der Waals surface area (Å²) < 4.78 is 5.51. The second-order valence-electron chi connectivity index (χ2n) is 4.29. The number of nitrogens with zero attached hydrogens (tertiary/aromatic N) is 1. The summed E-state index contributed by atoms with van der Waals surface area (Å²) in [5.74, 6) is 0.524. The number of hydrogen-bond donors (Lipinski definition) is 2. The molecule has 5 nitrogen and oxygen atoms in total. The van der Waals surface area contributed by atoms with Crippen LogP contribution in [0.2, 0.25) is 5.15 Å². The number of fused-ring (bicyclic) bond motifs is 2. The first-order valence-electron chi connectivity index (χ1n) is 5.57. The normalized spacial score (nSPS) is 21.6. The van der Waals surface area contributed by atoms with Crippen molar-refractivity contribution in [3.8, 4) is 0 Å². The molecule has 1 saturated heterocycles. The Kier molecular flexibility index (Phi) is 2.45. The van der Waals surface area contributed by atoms with Crippen LogP contribution in [0.1, 0.15) is 18.4 Å². The van der Waals surface area contributed by atoms with Crippen molar-refractivity contribution in [2.24, 2.45) is 0 Å². The molecule has 6 heteroatoms. The van der Waals surface area contributed by atoms with Crippen LogP contribution in [0.3, 0.4) is 0 Å². The van der Waals surface area contributed by atoms with E-state index < -0.39 is 11.7 Å². The largest absolute Gasteiger partial charge is 0.438 e. The Balaban J connectivity index is 2.09. The first-order chi connectivity index (χ1) is 8.20. The monoisotopic (exact) mass is 253 g/mol. The topological polar surface area (TPSA) is 63.2 Å². The van der Waals surface area contributed by atoms with Crippen LogP contribution in [0.15, 0.2) is 12.1 Å². The second kappa shape index (κ2) is 3.85. The molecule has 17 heavy (non-hydrogen) atoms. The van der Waals surface area contributed by atoms with Gasteiger partial charge in [0.2, 0.25) is 0 Å². The lowest BCUT2D eigenvalue weighted by molar-refractivity contribution is -0.0130. The highest BCUT2D eigenvalue weighted by molar-refractivity contribution is 6.29. The van der Waals surface area contributed by atoms with Gasteiger partial charge in [0.25, 0.3) is 0 Å².